The normalized spacial score (nSPS) is 10.6. The Morgan fingerprint density at radius 2 is 1.86 bits per heavy atom. The number of nitrogens with two attached hydrogens (primary N) is 1. The highest BCUT2D eigenvalue weighted by atomic mass is 32.2. The fourth-order valence-electron chi connectivity index (χ4n) is 2.17. The summed E-state index contributed by atoms with van der Waals surface area (Å²) >= 11 is 1.30. The zero-order valence-corrected chi connectivity index (χ0v) is 13.2. The van der Waals surface area contributed by atoms with Gasteiger partial charge in [-0.05, 0) is 11.8 Å². The van der Waals surface area contributed by atoms with E-state index in [1.165, 1.54) is 23.4 Å². The molecule has 0 unspecified atom stereocenters. The molecule has 0 amide bonds. The first-order valence-electron chi connectivity index (χ1n) is 6.62. The van der Waals surface area contributed by atoms with Gasteiger partial charge in [-0.2, -0.15) is 11.8 Å². The average Bonchev–Trinajstić information content (AvgIpc) is 2.51. The standard InChI is InChI=1S/C15H17N3O3S/c1-17-14(20)12(11(19)9-22-2)13(16)18(15(17)21)8-10-6-4-3-5-7-10/h3-7H,8-9,16H2,1-2H3. The zero-order valence-electron chi connectivity index (χ0n) is 12.4. The number of hydrogen-bond donors (Lipinski definition) is 1. The van der Waals surface area contributed by atoms with Crippen LogP contribution in [0.1, 0.15) is 15.9 Å². The van der Waals surface area contributed by atoms with Crippen molar-refractivity contribution in [2.45, 2.75) is 6.54 Å². The Labute approximate surface area is 131 Å². The first kappa shape index (κ1) is 16.1. The lowest BCUT2D eigenvalue weighted by atomic mass is 10.2. The molecule has 22 heavy (non-hydrogen) atoms. The molecule has 2 rings (SSSR count). The Kier molecular flexibility index (Phi) is 4.87. The maximum atomic E-state index is 12.3. The minimum atomic E-state index is -0.647. The van der Waals surface area contributed by atoms with Crippen molar-refractivity contribution in [3.63, 3.8) is 0 Å². The molecule has 1 heterocycles. The summed E-state index contributed by atoms with van der Waals surface area (Å²) in [7, 11) is 1.35. The van der Waals surface area contributed by atoms with Crippen LogP contribution < -0.4 is 17.0 Å². The van der Waals surface area contributed by atoms with Gasteiger partial charge in [0.25, 0.3) is 5.56 Å². The highest BCUT2D eigenvalue weighted by Gasteiger charge is 2.20. The van der Waals surface area contributed by atoms with Crippen LogP contribution in [-0.4, -0.2) is 26.9 Å². The van der Waals surface area contributed by atoms with Gasteiger partial charge in [0.05, 0.1) is 12.3 Å². The SMILES string of the molecule is CSCC(=O)c1c(N)n(Cc2ccccc2)c(=O)n(C)c1=O. The molecule has 0 spiro atoms. The van der Waals surface area contributed by atoms with E-state index in [-0.39, 0.29) is 29.5 Å². The van der Waals surface area contributed by atoms with Crippen LogP contribution in [0.4, 0.5) is 5.82 Å². The third-order valence-corrected chi connectivity index (χ3v) is 3.87. The third-order valence-electron chi connectivity index (χ3n) is 3.32. The van der Waals surface area contributed by atoms with Crippen molar-refractivity contribution in [2.24, 2.45) is 7.05 Å². The minimum Gasteiger partial charge on any atom is -0.384 e. The van der Waals surface area contributed by atoms with Crippen LogP contribution in [0.5, 0.6) is 0 Å². The number of Topliss-reactive ketones (excluding diaryl/α,β-unsaturated/α-hetero) is 1. The van der Waals surface area contributed by atoms with Crippen molar-refractivity contribution in [1.29, 1.82) is 0 Å². The molecule has 1 aromatic heterocycles. The van der Waals surface area contributed by atoms with Gasteiger partial charge >= 0.3 is 5.69 Å². The number of carbonyl (C=O) groups is 1. The number of nitrogens with zero attached hydrogens (tertiary/aromatic N) is 2. The molecule has 0 aliphatic carbocycles. The predicted octanol–water partition coefficient (Wildman–Crippen LogP) is 0.723. The van der Waals surface area contributed by atoms with Crippen molar-refractivity contribution >= 4 is 23.4 Å². The summed E-state index contributed by atoms with van der Waals surface area (Å²) in [6.45, 7) is 0.208. The Hall–Kier alpha value is -2.28. The monoisotopic (exact) mass is 319 g/mol. The molecule has 1 aromatic carbocycles. The molecule has 0 saturated carbocycles. The number of benzene rings is 1. The number of ketones is 1. The van der Waals surface area contributed by atoms with E-state index in [0.29, 0.717) is 0 Å². The second-order valence-corrected chi connectivity index (χ2v) is 5.70. The molecule has 7 heteroatoms. The van der Waals surface area contributed by atoms with Crippen LogP contribution in [0.3, 0.4) is 0 Å². The molecule has 0 radical (unpaired) electrons. The smallest absolute Gasteiger partial charge is 0.332 e. The number of aromatic nitrogens is 2. The molecular weight excluding hydrogens is 302 g/mol. The fraction of sp³-hybridized carbons (Fsp3) is 0.267. The van der Waals surface area contributed by atoms with Crippen molar-refractivity contribution in [3.8, 4) is 0 Å². The van der Waals surface area contributed by atoms with E-state index >= 15 is 0 Å². The lowest BCUT2D eigenvalue weighted by Crippen LogP contribution is -2.43. The first-order valence-corrected chi connectivity index (χ1v) is 8.02. The second kappa shape index (κ2) is 6.65. The summed E-state index contributed by atoms with van der Waals surface area (Å²) < 4.78 is 2.18. The maximum Gasteiger partial charge on any atom is 0.332 e. The van der Waals surface area contributed by atoms with Gasteiger partial charge in [-0.3, -0.25) is 18.7 Å². The van der Waals surface area contributed by atoms with Crippen LogP contribution in [-0.2, 0) is 13.6 Å². The van der Waals surface area contributed by atoms with E-state index in [4.69, 9.17) is 5.73 Å². The molecule has 2 aromatic rings. The fourth-order valence-corrected chi connectivity index (χ4v) is 2.57. The predicted molar refractivity (Wildman–Crippen MR) is 88.6 cm³/mol. The average molecular weight is 319 g/mol. The molecule has 6 nitrogen and oxygen atoms in total. The summed E-state index contributed by atoms with van der Waals surface area (Å²) in [5, 5.41) is 0. The van der Waals surface area contributed by atoms with E-state index in [9.17, 15) is 14.4 Å². The topological polar surface area (TPSA) is 87.1 Å². The van der Waals surface area contributed by atoms with Crippen LogP contribution in [0, 0.1) is 0 Å². The number of anilines is 1. The summed E-state index contributed by atoms with van der Waals surface area (Å²) in [4.78, 5) is 36.6. The highest BCUT2D eigenvalue weighted by molar-refractivity contribution is 7.99. The number of carbonyl (C=O) groups excluding carboxylic acids is 1. The van der Waals surface area contributed by atoms with Gasteiger partial charge in [0.1, 0.15) is 11.4 Å². The number of thioether (sulfide) groups is 1. The number of hydrogen-bond acceptors (Lipinski definition) is 5. The summed E-state index contributed by atoms with van der Waals surface area (Å²) in [5.41, 5.74) is 5.51. The van der Waals surface area contributed by atoms with Crippen LogP contribution >= 0.6 is 11.8 Å². The van der Waals surface area contributed by atoms with E-state index in [2.05, 4.69) is 0 Å². The van der Waals surface area contributed by atoms with Crippen molar-refractivity contribution in [2.75, 3.05) is 17.7 Å². The van der Waals surface area contributed by atoms with Gasteiger partial charge in [-0.15, -0.1) is 0 Å². The van der Waals surface area contributed by atoms with Gasteiger partial charge in [-0.25, -0.2) is 4.79 Å². The summed E-state index contributed by atoms with van der Waals surface area (Å²) in [6.07, 6.45) is 1.76. The maximum absolute atomic E-state index is 12.3. The molecule has 0 fully saturated rings. The van der Waals surface area contributed by atoms with Crippen LogP contribution in [0.15, 0.2) is 39.9 Å². The third kappa shape index (κ3) is 2.99. The second-order valence-electron chi connectivity index (χ2n) is 4.83. The first-order chi connectivity index (χ1) is 10.5. The Balaban J connectivity index is 2.62. The molecule has 116 valence electrons. The Bertz CT molecular complexity index is 809. The minimum absolute atomic E-state index is 0.0731. The largest absolute Gasteiger partial charge is 0.384 e. The van der Waals surface area contributed by atoms with Crippen molar-refractivity contribution in [1.82, 2.24) is 9.13 Å². The van der Waals surface area contributed by atoms with Crippen molar-refractivity contribution < 1.29 is 4.79 Å². The van der Waals surface area contributed by atoms with E-state index in [0.717, 1.165) is 10.1 Å². The quantitative estimate of drug-likeness (QED) is 0.821. The Morgan fingerprint density at radius 3 is 2.45 bits per heavy atom. The van der Waals surface area contributed by atoms with Gasteiger partial charge in [0.15, 0.2) is 5.78 Å². The highest BCUT2D eigenvalue weighted by Crippen LogP contribution is 2.11. The van der Waals surface area contributed by atoms with Gasteiger partial charge in [0.2, 0.25) is 0 Å². The van der Waals surface area contributed by atoms with Gasteiger partial charge < -0.3 is 5.73 Å². The zero-order chi connectivity index (χ0) is 16.3. The lowest BCUT2D eigenvalue weighted by Gasteiger charge is -2.14. The summed E-state index contributed by atoms with van der Waals surface area (Å²) in [5.74, 6) is -0.299. The lowest BCUT2D eigenvalue weighted by molar-refractivity contribution is 0.102. The molecule has 0 aliphatic heterocycles. The number of rotatable bonds is 5. The summed E-state index contributed by atoms with van der Waals surface area (Å²) in [6, 6.07) is 9.25. The molecule has 0 aliphatic rings. The van der Waals surface area contributed by atoms with Gasteiger partial charge in [0, 0.05) is 7.05 Å². The van der Waals surface area contributed by atoms with Gasteiger partial charge in [-0.1, -0.05) is 30.3 Å². The Morgan fingerprint density at radius 1 is 1.23 bits per heavy atom. The number of nitrogen functional groups attached to an aromatic ring is 1. The molecule has 0 bridgehead atoms. The van der Waals surface area contributed by atoms with E-state index in [1.807, 2.05) is 30.3 Å². The van der Waals surface area contributed by atoms with E-state index < -0.39 is 11.2 Å². The van der Waals surface area contributed by atoms with E-state index in [1.54, 1.807) is 6.26 Å². The molecule has 0 saturated heterocycles. The van der Waals surface area contributed by atoms with Crippen LogP contribution in [0.2, 0.25) is 0 Å². The van der Waals surface area contributed by atoms with Crippen LogP contribution in [0.25, 0.3) is 0 Å². The molecule has 2 N–H and O–H groups in total. The molecule has 0 atom stereocenters. The van der Waals surface area contributed by atoms with Crippen molar-refractivity contribution in [3.05, 3.63) is 62.3 Å². The molecular formula is C15H17N3O3S.